The standard InChI is InChI=1S/C50H56F3N13O3/c1-29(37-7-6-8-42(44(37)51)50(4,52)53)57-49-40-21-34(66-14-12-64-16-18-69-28-36(64)26-66)24-56-46(40)43(60-62-49)19-32-9-10-38(47(67-5)41(32)22-54)30(2)58-48-39-20-33(23-55-45(39)31(3)59-61-48)65-13-11-63-15-17-68-27-35(63)25-65/h6-10,20-21,23-24,29-30,35-36H,11-19,25-28H2,1-5H3,(H,57,62)(H,58,61)/t29-,30-,35+,36+/m1/s1. The predicted molar refractivity (Wildman–Crippen MR) is 257 cm³/mol. The van der Waals surface area contributed by atoms with Crippen molar-refractivity contribution in [2.75, 3.05) is 106 Å². The summed E-state index contributed by atoms with van der Waals surface area (Å²) in [7, 11) is 1.55. The summed E-state index contributed by atoms with van der Waals surface area (Å²) >= 11 is 0. The van der Waals surface area contributed by atoms with Crippen molar-refractivity contribution in [1.82, 2.24) is 40.2 Å². The van der Waals surface area contributed by atoms with E-state index in [9.17, 15) is 14.0 Å². The number of benzene rings is 2. The molecule has 4 aliphatic rings. The van der Waals surface area contributed by atoms with Gasteiger partial charge in [0.2, 0.25) is 0 Å². The van der Waals surface area contributed by atoms with Crippen molar-refractivity contribution in [2.24, 2.45) is 0 Å². The highest BCUT2D eigenvalue weighted by molar-refractivity contribution is 5.93. The molecule has 2 N–H and O–H groups in total. The number of halogens is 3. The Bertz CT molecular complexity index is 2930. The second kappa shape index (κ2) is 19.1. The number of fused-ring (bicyclic) bond motifs is 4. The molecule has 4 aliphatic heterocycles. The molecule has 19 heteroatoms. The van der Waals surface area contributed by atoms with E-state index in [2.05, 4.69) is 62.8 Å². The van der Waals surface area contributed by atoms with E-state index in [1.807, 2.05) is 44.4 Å². The number of hydrogen-bond donors (Lipinski definition) is 2. The highest BCUT2D eigenvalue weighted by atomic mass is 19.3. The molecule has 360 valence electrons. The topological polar surface area (TPSA) is 166 Å². The molecule has 0 aliphatic carbocycles. The number of morpholine rings is 2. The highest BCUT2D eigenvalue weighted by Gasteiger charge is 2.33. The molecule has 0 saturated carbocycles. The fourth-order valence-electron chi connectivity index (χ4n) is 10.3. The van der Waals surface area contributed by atoms with Gasteiger partial charge >= 0.3 is 0 Å². The number of ether oxygens (including phenoxy) is 3. The second-order valence-corrected chi connectivity index (χ2v) is 18.6. The molecule has 0 radical (unpaired) electrons. The van der Waals surface area contributed by atoms with Gasteiger partial charge in [-0.1, -0.05) is 30.3 Å². The van der Waals surface area contributed by atoms with Crippen LogP contribution in [0.1, 0.15) is 72.1 Å². The molecule has 0 spiro atoms. The van der Waals surface area contributed by atoms with Crippen LogP contribution in [0.2, 0.25) is 0 Å². The predicted octanol–water partition coefficient (Wildman–Crippen LogP) is 6.78. The van der Waals surface area contributed by atoms with Crippen LogP contribution in [0.15, 0.2) is 54.9 Å². The van der Waals surface area contributed by atoms with Crippen molar-refractivity contribution >= 4 is 44.8 Å². The van der Waals surface area contributed by atoms with Gasteiger partial charge in [-0.25, -0.2) is 13.2 Å². The number of rotatable bonds is 12. The van der Waals surface area contributed by atoms with Crippen molar-refractivity contribution in [3.63, 3.8) is 0 Å². The van der Waals surface area contributed by atoms with Crippen molar-refractivity contribution in [2.45, 2.75) is 64.2 Å². The maximum atomic E-state index is 15.7. The fraction of sp³-hybridized carbons (Fsp3) is 0.460. The van der Waals surface area contributed by atoms with E-state index in [1.165, 1.54) is 12.1 Å². The van der Waals surface area contributed by atoms with Gasteiger partial charge in [-0.05, 0) is 38.5 Å². The molecular weight excluding hydrogens is 888 g/mol. The van der Waals surface area contributed by atoms with E-state index < -0.39 is 23.3 Å². The molecule has 69 heavy (non-hydrogen) atoms. The van der Waals surface area contributed by atoms with Crippen LogP contribution in [0, 0.1) is 24.1 Å². The Balaban J connectivity index is 0.955. The van der Waals surface area contributed by atoms with E-state index in [1.54, 1.807) is 14.0 Å². The molecule has 0 bridgehead atoms. The summed E-state index contributed by atoms with van der Waals surface area (Å²) in [5.41, 5.74) is 5.44. The molecule has 0 unspecified atom stereocenters. The minimum Gasteiger partial charge on any atom is -0.495 e. The largest absolute Gasteiger partial charge is 0.495 e. The molecule has 6 aromatic rings. The lowest BCUT2D eigenvalue weighted by molar-refractivity contribution is -0.0117. The monoisotopic (exact) mass is 943 g/mol. The zero-order valence-electron chi connectivity index (χ0n) is 39.5. The first-order chi connectivity index (χ1) is 33.4. The van der Waals surface area contributed by atoms with Crippen molar-refractivity contribution in [3.8, 4) is 11.8 Å². The third kappa shape index (κ3) is 9.13. The molecule has 4 aromatic heterocycles. The highest BCUT2D eigenvalue weighted by Crippen LogP contribution is 2.38. The minimum absolute atomic E-state index is 0.0632. The molecule has 2 aromatic carbocycles. The van der Waals surface area contributed by atoms with E-state index >= 15 is 4.39 Å². The first kappa shape index (κ1) is 46.3. The van der Waals surface area contributed by atoms with Crippen LogP contribution in [0.3, 0.4) is 0 Å². The number of alkyl halides is 2. The van der Waals surface area contributed by atoms with Crippen LogP contribution in [0.5, 0.6) is 5.75 Å². The van der Waals surface area contributed by atoms with Crippen molar-refractivity contribution in [3.05, 3.63) is 99.9 Å². The average molecular weight is 944 g/mol. The summed E-state index contributed by atoms with van der Waals surface area (Å²) in [5, 5.41) is 37.3. The van der Waals surface area contributed by atoms with Crippen LogP contribution >= 0.6 is 0 Å². The Morgan fingerprint density at radius 1 is 0.797 bits per heavy atom. The lowest BCUT2D eigenvalue weighted by atomic mass is 9.95. The van der Waals surface area contributed by atoms with Gasteiger partial charge in [0.25, 0.3) is 5.92 Å². The summed E-state index contributed by atoms with van der Waals surface area (Å²) in [6.07, 6.45) is 3.90. The summed E-state index contributed by atoms with van der Waals surface area (Å²) in [4.78, 5) is 19.4. The number of anilines is 4. The summed E-state index contributed by atoms with van der Waals surface area (Å²) in [6, 6.07) is 13.8. The average Bonchev–Trinajstić information content (AvgIpc) is 3.36. The minimum atomic E-state index is -3.37. The number of methoxy groups -OCH3 is 1. The number of hydrogen-bond acceptors (Lipinski definition) is 16. The Kier molecular flexibility index (Phi) is 12.8. The zero-order valence-corrected chi connectivity index (χ0v) is 39.5. The maximum absolute atomic E-state index is 15.7. The number of nitriles is 1. The number of nitrogens with one attached hydrogen (secondary N) is 2. The maximum Gasteiger partial charge on any atom is 0.273 e. The quantitative estimate of drug-likeness (QED) is 0.132. The van der Waals surface area contributed by atoms with Gasteiger partial charge in [-0.3, -0.25) is 19.8 Å². The Morgan fingerprint density at radius 2 is 1.39 bits per heavy atom. The fourth-order valence-corrected chi connectivity index (χ4v) is 10.3. The van der Waals surface area contributed by atoms with Gasteiger partial charge in [-0.15, -0.1) is 10.2 Å². The lowest BCUT2D eigenvalue weighted by Gasteiger charge is -2.44. The smallest absolute Gasteiger partial charge is 0.273 e. The van der Waals surface area contributed by atoms with Crippen LogP contribution in [0.4, 0.5) is 36.2 Å². The zero-order chi connectivity index (χ0) is 48.0. The summed E-state index contributed by atoms with van der Waals surface area (Å²) in [5.74, 6) is -3.08. The van der Waals surface area contributed by atoms with E-state index in [0.717, 1.165) is 92.9 Å². The molecule has 16 nitrogen and oxygen atoms in total. The number of pyridine rings is 2. The Labute approximate surface area is 398 Å². The molecule has 0 amide bonds. The van der Waals surface area contributed by atoms with Crippen molar-refractivity contribution in [1.29, 1.82) is 5.26 Å². The number of piperazine rings is 2. The van der Waals surface area contributed by atoms with Crippen LogP contribution < -0.4 is 25.2 Å². The van der Waals surface area contributed by atoms with Gasteiger partial charge in [0.05, 0.1) is 115 Å². The SMILES string of the molecule is COc1c([C@@H](C)Nc2nnc(C)c3ncc(N4CCN5CCOC[C@@H]5C4)cc23)ccc(Cc2nnc(N[C@H](C)c3cccc(C(C)(F)F)c3F)c3cc(N4CCN5CCOC[C@@H]5C4)cnc23)c1C#N. The third-order valence-electron chi connectivity index (χ3n) is 14.1. The van der Waals surface area contributed by atoms with E-state index in [-0.39, 0.29) is 24.1 Å². The van der Waals surface area contributed by atoms with Crippen LogP contribution in [-0.4, -0.2) is 138 Å². The lowest BCUT2D eigenvalue weighted by Crippen LogP contribution is -2.58. The van der Waals surface area contributed by atoms with Gasteiger partial charge in [0, 0.05) is 87.6 Å². The van der Waals surface area contributed by atoms with Gasteiger partial charge in [-0.2, -0.15) is 15.5 Å². The Morgan fingerprint density at radius 3 is 2.00 bits per heavy atom. The number of nitrogens with zero attached hydrogens (tertiary/aromatic N) is 11. The van der Waals surface area contributed by atoms with Crippen molar-refractivity contribution < 1.29 is 27.4 Å². The molecule has 10 rings (SSSR count). The summed E-state index contributed by atoms with van der Waals surface area (Å²) in [6.45, 7) is 16.0. The molecular formula is C50H56F3N13O3. The third-order valence-corrected chi connectivity index (χ3v) is 14.1. The molecule has 4 saturated heterocycles. The van der Waals surface area contributed by atoms with E-state index in [0.29, 0.717) is 83.6 Å². The molecule has 4 fully saturated rings. The molecule has 8 heterocycles. The normalized spacial score (nSPS) is 20.0. The van der Waals surface area contributed by atoms with E-state index in [4.69, 9.17) is 24.2 Å². The number of aromatic nitrogens is 6. The van der Waals surface area contributed by atoms with Gasteiger partial charge in [0.15, 0.2) is 11.6 Å². The second-order valence-electron chi connectivity index (χ2n) is 18.6. The van der Waals surface area contributed by atoms with Gasteiger partial charge in [0.1, 0.15) is 17.6 Å². The van der Waals surface area contributed by atoms with Crippen LogP contribution in [0.25, 0.3) is 21.8 Å². The molecule has 4 atom stereocenters. The first-order valence-corrected chi connectivity index (χ1v) is 23.6. The Hall–Kier alpha value is -6.46. The van der Waals surface area contributed by atoms with Gasteiger partial charge < -0.3 is 34.6 Å². The number of aryl methyl sites for hydroxylation is 1. The first-order valence-electron chi connectivity index (χ1n) is 23.6. The summed E-state index contributed by atoms with van der Waals surface area (Å²) < 4.78 is 62.1. The van der Waals surface area contributed by atoms with Crippen LogP contribution in [-0.2, 0) is 21.8 Å².